The van der Waals surface area contributed by atoms with Gasteiger partial charge in [-0.1, -0.05) is 6.08 Å². The molecule has 1 amide bonds. The third kappa shape index (κ3) is 4.89. The van der Waals surface area contributed by atoms with Crippen LogP contribution in [0, 0.1) is 0 Å². The van der Waals surface area contributed by atoms with E-state index in [1.807, 2.05) is 11.0 Å². The first kappa shape index (κ1) is 15.5. The largest absolute Gasteiger partial charge is 0.378 e. The van der Waals surface area contributed by atoms with Crippen molar-refractivity contribution >= 4 is 5.91 Å². The second kappa shape index (κ2) is 8.39. The molecule has 0 aromatic rings. The number of nitrogens with zero attached hydrogens (tertiary/aromatic N) is 2. The molecule has 1 N–H and O–H groups in total. The highest BCUT2D eigenvalue weighted by Gasteiger charge is 2.20. The summed E-state index contributed by atoms with van der Waals surface area (Å²) in [7, 11) is 0. The molecule has 0 spiro atoms. The van der Waals surface area contributed by atoms with E-state index in [4.69, 9.17) is 4.74 Å². The Kier molecular flexibility index (Phi) is 6.50. The molecule has 114 valence electrons. The number of nitrogens with one attached hydrogen (secondary N) is 1. The summed E-state index contributed by atoms with van der Waals surface area (Å²) in [5, 5.41) is 3.31. The number of hydrogen-bond donors (Lipinski definition) is 1. The molecule has 0 saturated carbocycles. The first-order valence-corrected chi connectivity index (χ1v) is 7.73. The number of carbonyl (C=O) groups excluding carboxylic acids is 1. The van der Waals surface area contributed by atoms with E-state index in [9.17, 15) is 4.79 Å². The van der Waals surface area contributed by atoms with Crippen LogP contribution in [0.3, 0.4) is 0 Å². The monoisotopic (exact) mass is 281 g/mol. The number of hydrogen-bond acceptors (Lipinski definition) is 4. The van der Waals surface area contributed by atoms with Gasteiger partial charge in [-0.05, 0) is 25.9 Å². The lowest BCUT2D eigenvalue weighted by molar-refractivity contribution is -0.134. The van der Waals surface area contributed by atoms with Gasteiger partial charge >= 0.3 is 0 Å². The zero-order valence-corrected chi connectivity index (χ0v) is 12.4. The molecule has 0 aliphatic carbocycles. The summed E-state index contributed by atoms with van der Waals surface area (Å²) >= 11 is 0. The number of amides is 1. The van der Waals surface area contributed by atoms with Gasteiger partial charge in [0.05, 0.1) is 19.1 Å². The van der Waals surface area contributed by atoms with E-state index in [1.165, 1.54) is 0 Å². The first-order chi connectivity index (χ1) is 9.79. The standard InChI is InChI=1S/C15H27N3O2/c1-2-8-17-9-11-18(12-10-17)15(19)5-13-20-14-3-6-16-7-4-14/h2,14,16H,1,3-13H2. The van der Waals surface area contributed by atoms with Crippen LogP contribution in [-0.2, 0) is 9.53 Å². The van der Waals surface area contributed by atoms with Gasteiger partial charge in [0.2, 0.25) is 5.91 Å². The summed E-state index contributed by atoms with van der Waals surface area (Å²) in [6, 6.07) is 0. The van der Waals surface area contributed by atoms with Crippen LogP contribution in [0.2, 0.25) is 0 Å². The molecule has 20 heavy (non-hydrogen) atoms. The third-order valence-electron chi connectivity index (χ3n) is 4.07. The van der Waals surface area contributed by atoms with Crippen LogP contribution in [0.25, 0.3) is 0 Å². The van der Waals surface area contributed by atoms with E-state index in [0.29, 0.717) is 19.1 Å². The van der Waals surface area contributed by atoms with Crippen LogP contribution in [0.4, 0.5) is 0 Å². The first-order valence-electron chi connectivity index (χ1n) is 7.73. The molecule has 2 aliphatic rings. The lowest BCUT2D eigenvalue weighted by atomic mass is 10.1. The van der Waals surface area contributed by atoms with Gasteiger partial charge in [-0.25, -0.2) is 0 Å². The molecule has 0 unspecified atom stereocenters. The fourth-order valence-electron chi connectivity index (χ4n) is 2.80. The van der Waals surface area contributed by atoms with Gasteiger partial charge in [0.25, 0.3) is 0 Å². The molecule has 0 radical (unpaired) electrons. The Morgan fingerprint density at radius 2 is 1.95 bits per heavy atom. The highest BCUT2D eigenvalue weighted by Crippen LogP contribution is 2.09. The fourth-order valence-corrected chi connectivity index (χ4v) is 2.80. The number of piperidine rings is 1. The van der Waals surface area contributed by atoms with Gasteiger partial charge in [0.1, 0.15) is 0 Å². The van der Waals surface area contributed by atoms with Crippen LogP contribution < -0.4 is 5.32 Å². The molecule has 2 saturated heterocycles. The van der Waals surface area contributed by atoms with Crippen LogP contribution >= 0.6 is 0 Å². The van der Waals surface area contributed by atoms with Crippen molar-refractivity contribution in [2.75, 3.05) is 52.4 Å². The molecule has 5 heteroatoms. The smallest absolute Gasteiger partial charge is 0.224 e. The van der Waals surface area contributed by atoms with Gasteiger partial charge in [0.15, 0.2) is 0 Å². The quantitative estimate of drug-likeness (QED) is 0.719. The highest BCUT2D eigenvalue weighted by molar-refractivity contribution is 5.76. The minimum Gasteiger partial charge on any atom is -0.378 e. The molecule has 0 aromatic heterocycles. The number of piperazine rings is 1. The molecule has 5 nitrogen and oxygen atoms in total. The average Bonchev–Trinajstić information content (AvgIpc) is 2.49. The summed E-state index contributed by atoms with van der Waals surface area (Å²) in [6.45, 7) is 10.9. The van der Waals surface area contributed by atoms with E-state index >= 15 is 0 Å². The Balaban J connectivity index is 1.59. The molecule has 2 aliphatic heterocycles. The van der Waals surface area contributed by atoms with Gasteiger partial charge in [0, 0.05) is 32.7 Å². The Labute approximate surface area is 121 Å². The Morgan fingerprint density at radius 1 is 1.25 bits per heavy atom. The van der Waals surface area contributed by atoms with Gasteiger partial charge in [-0.15, -0.1) is 6.58 Å². The molecule has 0 atom stereocenters. The van der Waals surface area contributed by atoms with Crippen LogP contribution in [-0.4, -0.2) is 74.2 Å². The van der Waals surface area contributed by atoms with Crippen LogP contribution in [0.1, 0.15) is 19.3 Å². The van der Waals surface area contributed by atoms with Gasteiger partial charge in [-0.3, -0.25) is 9.69 Å². The lowest BCUT2D eigenvalue weighted by Crippen LogP contribution is -2.48. The molecular formula is C15H27N3O2. The van der Waals surface area contributed by atoms with Crippen LogP contribution in [0.5, 0.6) is 0 Å². The molecule has 2 rings (SSSR count). The van der Waals surface area contributed by atoms with Crippen molar-refractivity contribution in [1.82, 2.24) is 15.1 Å². The minimum absolute atomic E-state index is 0.234. The number of carbonyl (C=O) groups is 1. The maximum Gasteiger partial charge on any atom is 0.224 e. The highest BCUT2D eigenvalue weighted by atomic mass is 16.5. The lowest BCUT2D eigenvalue weighted by Gasteiger charge is -2.34. The predicted octanol–water partition coefficient (Wildman–Crippen LogP) is 0.475. The summed E-state index contributed by atoms with van der Waals surface area (Å²) in [6.07, 6.45) is 4.91. The molecule has 2 heterocycles. The molecular weight excluding hydrogens is 254 g/mol. The van der Waals surface area contributed by atoms with Gasteiger partial charge < -0.3 is 15.0 Å². The van der Waals surface area contributed by atoms with E-state index < -0.39 is 0 Å². The number of rotatable bonds is 6. The van der Waals surface area contributed by atoms with Gasteiger partial charge in [-0.2, -0.15) is 0 Å². The molecule has 2 fully saturated rings. The maximum atomic E-state index is 12.1. The van der Waals surface area contributed by atoms with Crippen LogP contribution in [0.15, 0.2) is 12.7 Å². The normalized spacial score (nSPS) is 21.9. The van der Waals surface area contributed by atoms with E-state index in [2.05, 4.69) is 16.8 Å². The average molecular weight is 281 g/mol. The van der Waals surface area contributed by atoms with Crippen molar-refractivity contribution < 1.29 is 9.53 Å². The van der Waals surface area contributed by atoms with E-state index in [1.54, 1.807) is 0 Å². The summed E-state index contributed by atoms with van der Waals surface area (Å²) in [5.41, 5.74) is 0. The van der Waals surface area contributed by atoms with Crippen molar-refractivity contribution in [3.63, 3.8) is 0 Å². The van der Waals surface area contributed by atoms with E-state index in [0.717, 1.165) is 58.7 Å². The third-order valence-corrected chi connectivity index (χ3v) is 4.07. The zero-order chi connectivity index (χ0) is 14.2. The molecule has 0 bridgehead atoms. The van der Waals surface area contributed by atoms with E-state index in [-0.39, 0.29) is 5.91 Å². The SMILES string of the molecule is C=CCN1CCN(C(=O)CCOC2CCNCC2)CC1. The van der Waals surface area contributed by atoms with Crippen molar-refractivity contribution in [1.29, 1.82) is 0 Å². The van der Waals surface area contributed by atoms with Crippen molar-refractivity contribution in [3.8, 4) is 0 Å². The number of ether oxygens (including phenoxy) is 1. The van der Waals surface area contributed by atoms with Crippen molar-refractivity contribution in [2.24, 2.45) is 0 Å². The Hall–Kier alpha value is -0.910. The van der Waals surface area contributed by atoms with Crippen molar-refractivity contribution in [3.05, 3.63) is 12.7 Å². The predicted molar refractivity (Wildman–Crippen MR) is 79.7 cm³/mol. The maximum absolute atomic E-state index is 12.1. The fraction of sp³-hybridized carbons (Fsp3) is 0.800. The summed E-state index contributed by atoms with van der Waals surface area (Å²) in [4.78, 5) is 16.4. The van der Waals surface area contributed by atoms with Crippen molar-refractivity contribution in [2.45, 2.75) is 25.4 Å². The summed E-state index contributed by atoms with van der Waals surface area (Å²) < 4.78 is 5.79. The topological polar surface area (TPSA) is 44.8 Å². The zero-order valence-electron chi connectivity index (χ0n) is 12.4. The summed E-state index contributed by atoms with van der Waals surface area (Å²) in [5.74, 6) is 0.234. The second-order valence-corrected chi connectivity index (χ2v) is 5.54. The Bertz CT molecular complexity index is 308. The second-order valence-electron chi connectivity index (χ2n) is 5.54. The minimum atomic E-state index is 0.234. The Morgan fingerprint density at radius 3 is 2.60 bits per heavy atom. The molecule has 0 aromatic carbocycles.